The van der Waals surface area contributed by atoms with E-state index < -0.39 is 0 Å². The minimum absolute atomic E-state index is 0.0196. The van der Waals surface area contributed by atoms with Gasteiger partial charge in [-0.05, 0) is 55.1 Å². The van der Waals surface area contributed by atoms with Crippen molar-refractivity contribution in [2.45, 2.75) is 44.7 Å². The molecule has 1 atom stereocenters. The van der Waals surface area contributed by atoms with Crippen molar-refractivity contribution in [1.29, 1.82) is 0 Å². The number of carbonyl (C=O) groups is 2. The zero-order valence-electron chi connectivity index (χ0n) is 17.5. The van der Waals surface area contributed by atoms with Crippen LogP contribution in [0.25, 0.3) is 0 Å². The van der Waals surface area contributed by atoms with E-state index in [-0.39, 0.29) is 30.6 Å². The van der Waals surface area contributed by atoms with Crippen molar-refractivity contribution in [1.82, 2.24) is 15.5 Å². The Morgan fingerprint density at radius 2 is 1.80 bits per heavy atom. The largest absolute Gasteiger partial charge is 0.352 e. The number of benzene rings is 2. The second-order valence-corrected chi connectivity index (χ2v) is 8.43. The summed E-state index contributed by atoms with van der Waals surface area (Å²) in [7, 11) is 0. The van der Waals surface area contributed by atoms with Crippen molar-refractivity contribution < 1.29 is 9.59 Å². The van der Waals surface area contributed by atoms with Crippen LogP contribution in [-0.2, 0) is 24.2 Å². The van der Waals surface area contributed by atoms with Crippen LogP contribution in [0.15, 0.2) is 48.5 Å². The highest BCUT2D eigenvalue weighted by Gasteiger charge is 2.24. The summed E-state index contributed by atoms with van der Waals surface area (Å²) in [6.07, 6.45) is 3.45. The van der Waals surface area contributed by atoms with E-state index in [9.17, 15) is 9.59 Å². The summed E-state index contributed by atoms with van der Waals surface area (Å²) in [6, 6.07) is 16.6. The molecule has 0 aromatic heterocycles. The van der Waals surface area contributed by atoms with Crippen LogP contribution in [0.1, 0.15) is 46.3 Å². The molecule has 5 nitrogen and oxygen atoms in total. The van der Waals surface area contributed by atoms with Gasteiger partial charge in [-0.2, -0.15) is 0 Å². The summed E-state index contributed by atoms with van der Waals surface area (Å²) in [5.41, 5.74) is 4.63. The van der Waals surface area contributed by atoms with E-state index in [1.165, 1.54) is 16.7 Å². The van der Waals surface area contributed by atoms with Gasteiger partial charge in [0.1, 0.15) is 0 Å². The molecule has 0 aliphatic carbocycles. The number of nitrogens with one attached hydrogen (secondary N) is 2. The smallest absolute Gasteiger partial charge is 0.220 e. The van der Waals surface area contributed by atoms with Crippen molar-refractivity contribution in [3.8, 4) is 0 Å². The van der Waals surface area contributed by atoms with Gasteiger partial charge in [-0.15, -0.1) is 0 Å². The van der Waals surface area contributed by atoms with Gasteiger partial charge in [0.05, 0.1) is 0 Å². The zero-order valence-corrected chi connectivity index (χ0v) is 17.5. The lowest BCUT2D eigenvalue weighted by Crippen LogP contribution is -2.37. The number of ketones is 1. The SMILES string of the molecule is O=C(CCC(=O)c1ccc2c(c1)CCNCC2)NC1CCN(Cc2ccccc2)C1. The van der Waals surface area contributed by atoms with Gasteiger partial charge in [0.15, 0.2) is 5.78 Å². The summed E-state index contributed by atoms with van der Waals surface area (Å²) in [5.74, 6) is 0.0381. The number of rotatable bonds is 7. The first kappa shape index (κ1) is 20.8. The maximum atomic E-state index is 12.6. The van der Waals surface area contributed by atoms with Crippen molar-refractivity contribution in [3.63, 3.8) is 0 Å². The Kier molecular flexibility index (Phi) is 6.92. The molecule has 0 radical (unpaired) electrons. The second kappa shape index (κ2) is 10.0. The molecule has 4 rings (SSSR count). The molecular weight excluding hydrogens is 374 g/mol. The molecule has 2 aromatic rings. The van der Waals surface area contributed by atoms with Crippen LogP contribution in [0.4, 0.5) is 0 Å². The molecule has 2 aliphatic heterocycles. The van der Waals surface area contributed by atoms with Gasteiger partial charge in [-0.1, -0.05) is 42.5 Å². The van der Waals surface area contributed by atoms with Gasteiger partial charge in [0, 0.05) is 44.1 Å². The fraction of sp³-hybridized carbons (Fsp3) is 0.440. The number of amides is 1. The van der Waals surface area contributed by atoms with E-state index in [1.54, 1.807) is 0 Å². The van der Waals surface area contributed by atoms with E-state index in [0.29, 0.717) is 0 Å². The third-order valence-corrected chi connectivity index (χ3v) is 6.14. The first-order chi connectivity index (χ1) is 14.7. The van der Waals surface area contributed by atoms with Crippen LogP contribution in [0.2, 0.25) is 0 Å². The van der Waals surface area contributed by atoms with E-state index >= 15 is 0 Å². The summed E-state index contributed by atoms with van der Waals surface area (Å²) in [4.78, 5) is 27.4. The molecule has 0 bridgehead atoms. The molecule has 2 aliphatic rings. The van der Waals surface area contributed by atoms with Crippen LogP contribution in [0.5, 0.6) is 0 Å². The van der Waals surface area contributed by atoms with Crippen molar-refractivity contribution in [2.24, 2.45) is 0 Å². The molecule has 2 aromatic carbocycles. The highest BCUT2D eigenvalue weighted by Crippen LogP contribution is 2.18. The topological polar surface area (TPSA) is 61.4 Å². The van der Waals surface area contributed by atoms with Crippen LogP contribution in [0.3, 0.4) is 0 Å². The zero-order chi connectivity index (χ0) is 20.8. The van der Waals surface area contributed by atoms with Crippen molar-refractivity contribution in [2.75, 3.05) is 26.2 Å². The molecule has 1 amide bonds. The predicted octanol–water partition coefficient (Wildman–Crippen LogP) is 2.73. The third kappa shape index (κ3) is 5.55. The molecule has 1 unspecified atom stereocenters. The van der Waals surface area contributed by atoms with Crippen molar-refractivity contribution in [3.05, 3.63) is 70.8 Å². The Morgan fingerprint density at radius 1 is 1.00 bits per heavy atom. The second-order valence-electron chi connectivity index (χ2n) is 8.43. The number of likely N-dealkylation sites (tertiary alicyclic amines) is 1. The molecule has 1 fully saturated rings. The van der Waals surface area contributed by atoms with Crippen LogP contribution in [0, 0.1) is 0 Å². The quantitative estimate of drug-likeness (QED) is 0.696. The Morgan fingerprint density at radius 3 is 2.63 bits per heavy atom. The van der Waals surface area contributed by atoms with Gasteiger partial charge in [-0.3, -0.25) is 14.5 Å². The standard InChI is InChI=1S/C25H31N3O2/c29-24(22-7-6-20-10-13-26-14-11-21(20)16-22)8-9-25(30)27-23-12-15-28(18-23)17-19-4-2-1-3-5-19/h1-7,16,23,26H,8-15,17-18H2,(H,27,30). The lowest BCUT2D eigenvalue weighted by atomic mass is 9.97. The number of carbonyl (C=O) groups excluding carboxylic acids is 2. The summed E-state index contributed by atoms with van der Waals surface area (Å²) >= 11 is 0. The summed E-state index contributed by atoms with van der Waals surface area (Å²) < 4.78 is 0. The van der Waals surface area contributed by atoms with Crippen LogP contribution >= 0.6 is 0 Å². The average Bonchev–Trinajstić information content (AvgIpc) is 3.05. The Labute approximate surface area is 178 Å². The number of nitrogens with zero attached hydrogens (tertiary/aromatic N) is 1. The third-order valence-electron chi connectivity index (χ3n) is 6.14. The number of fused-ring (bicyclic) bond motifs is 1. The highest BCUT2D eigenvalue weighted by molar-refractivity contribution is 5.98. The molecule has 5 heteroatoms. The molecule has 30 heavy (non-hydrogen) atoms. The maximum absolute atomic E-state index is 12.6. The number of hydrogen-bond acceptors (Lipinski definition) is 4. The predicted molar refractivity (Wildman–Crippen MR) is 119 cm³/mol. The minimum Gasteiger partial charge on any atom is -0.352 e. The van der Waals surface area contributed by atoms with Gasteiger partial charge in [0.2, 0.25) is 5.91 Å². The van der Waals surface area contributed by atoms with Gasteiger partial charge < -0.3 is 10.6 Å². The number of Topliss-reactive ketones (excluding diaryl/α,β-unsaturated/α-hetero) is 1. The average molecular weight is 406 g/mol. The van der Waals surface area contributed by atoms with Crippen molar-refractivity contribution >= 4 is 11.7 Å². The van der Waals surface area contributed by atoms with E-state index in [1.807, 2.05) is 18.2 Å². The molecule has 158 valence electrons. The lowest BCUT2D eigenvalue weighted by Gasteiger charge is -2.16. The fourth-order valence-corrected chi connectivity index (χ4v) is 4.45. The van der Waals surface area contributed by atoms with Crippen LogP contribution in [-0.4, -0.2) is 48.8 Å². The molecule has 0 saturated carbocycles. The molecule has 1 saturated heterocycles. The van der Waals surface area contributed by atoms with Gasteiger partial charge >= 0.3 is 0 Å². The summed E-state index contributed by atoms with van der Waals surface area (Å²) in [5, 5.41) is 6.51. The van der Waals surface area contributed by atoms with Gasteiger partial charge in [-0.25, -0.2) is 0 Å². The highest BCUT2D eigenvalue weighted by atomic mass is 16.2. The lowest BCUT2D eigenvalue weighted by molar-refractivity contribution is -0.121. The molecule has 0 spiro atoms. The van der Waals surface area contributed by atoms with E-state index in [4.69, 9.17) is 0 Å². The number of hydrogen-bond donors (Lipinski definition) is 2. The normalized spacial score (nSPS) is 19.1. The molecule has 2 N–H and O–H groups in total. The Balaban J connectivity index is 1.22. The molecular formula is C25H31N3O2. The van der Waals surface area contributed by atoms with E-state index in [0.717, 1.165) is 57.5 Å². The minimum atomic E-state index is -0.0196. The fourth-order valence-electron chi connectivity index (χ4n) is 4.45. The molecule has 2 heterocycles. The van der Waals surface area contributed by atoms with E-state index in [2.05, 4.69) is 45.9 Å². The monoisotopic (exact) mass is 405 g/mol. The Bertz CT molecular complexity index is 881. The first-order valence-corrected chi connectivity index (χ1v) is 11.1. The van der Waals surface area contributed by atoms with Gasteiger partial charge in [0.25, 0.3) is 0 Å². The first-order valence-electron chi connectivity index (χ1n) is 11.1. The maximum Gasteiger partial charge on any atom is 0.220 e. The Hall–Kier alpha value is -2.50. The van der Waals surface area contributed by atoms with Crippen LogP contribution < -0.4 is 10.6 Å². The summed E-state index contributed by atoms with van der Waals surface area (Å²) in [6.45, 7) is 4.72.